The third-order valence-corrected chi connectivity index (χ3v) is 4.75. The highest BCUT2D eigenvalue weighted by atomic mass is 79.9. The molecule has 0 saturated carbocycles. The van der Waals surface area contributed by atoms with Crippen LogP contribution in [0.5, 0.6) is 0 Å². The Bertz CT molecular complexity index is 794. The van der Waals surface area contributed by atoms with Crippen molar-refractivity contribution >= 4 is 43.9 Å². The molecule has 0 atom stereocenters. The Morgan fingerprint density at radius 3 is 2.85 bits per heavy atom. The van der Waals surface area contributed by atoms with Gasteiger partial charge in [-0.25, -0.2) is 0 Å². The maximum atomic E-state index is 11.9. The van der Waals surface area contributed by atoms with E-state index in [1.165, 1.54) is 4.88 Å². The van der Waals surface area contributed by atoms with Gasteiger partial charge in [0.05, 0.1) is 3.79 Å². The molecule has 2 aromatic heterocycles. The smallest absolute Gasteiger partial charge is 0.257 e. The molecule has 0 unspecified atom stereocenters. The van der Waals surface area contributed by atoms with Crippen molar-refractivity contribution < 1.29 is 0 Å². The Balaban J connectivity index is 1.73. The summed E-state index contributed by atoms with van der Waals surface area (Å²) in [5.74, 6) is 0.768. The number of nitrogens with one attached hydrogen (secondary N) is 2. The van der Waals surface area contributed by atoms with E-state index >= 15 is 0 Å². The first kappa shape index (κ1) is 13.4. The molecule has 2 heterocycles. The summed E-state index contributed by atoms with van der Waals surface area (Å²) in [6.07, 6.45) is 0.936. The van der Waals surface area contributed by atoms with Crippen LogP contribution in [0.4, 0.5) is 5.82 Å². The van der Waals surface area contributed by atoms with Gasteiger partial charge in [-0.1, -0.05) is 18.2 Å². The van der Waals surface area contributed by atoms with E-state index in [2.05, 4.69) is 38.4 Å². The number of hydrogen-bond donors (Lipinski definition) is 2. The number of aromatic nitrogens is 1. The first-order valence-corrected chi connectivity index (χ1v) is 7.93. The highest BCUT2D eigenvalue weighted by Crippen LogP contribution is 2.22. The van der Waals surface area contributed by atoms with Crippen molar-refractivity contribution in [1.29, 1.82) is 0 Å². The predicted octanol–water partition coefficient (Wildman–Crippen LogP) is 4.01. The van der Waals surface area contributed by atoms with Crippen molar-refractivity contribution in [1.82, 2.24) is 4.98 Å². The number of hydrogen-bond acceptors (Lipinski definition) is 3. The molecule has 2 N–H and O–H groups in total. The van der Waals surface area contributed by atoms with Gasteiger partial charge in [0.1, 0.15) is 5.82 Å². The summed E-state index contributed by atoms with van der Waals surface area (Å²) >= 11 is 5.19. The first-order valence-electron chi connectivity index (χ1n) is 6.32. The van der Waals surface area contributed by atoms with Gasteiger partial charge in [0.2, 0.25) is 0 Å². The van der Waals surface area contributed by atoms with E-state index in [1.54, 1.807) is 11.3 Å². The number of thiophene rings is 1. The van der Waals surface area contributed by atoms with Crippen LogP contribution in [0.1, 0.15) is 4.88 Å². The second-order valence-electron chi connectivity index (χ2n) is 4.48. The number of halogens is 1. The Kier molecular flexibility index (Phi) is 3.89. The molecule has 1 aromatic carbocycles. The zero-order valence-corrected chi connectivity index (χ0v) is 13.1. The molecule has 0 spiro atoms. The number of anilines is 1. The molecular formula is C15H13BrN2OS. The summed E-state index contributed by atoms with van der Waals surface area (Å²) in [4.78, 5) is 16.1. The highest BCUT2D eigenvalue weighted by molar-refractivity contribution is 9.11. The van der Waals surface area contributed by atoms with Crippen LogP contribution in [0.3, 0.4) is 0 Å². The van der Waals surface area contributed by atoms with Crippen molar-refractivity contribution in [3.63, 3.8) is 0 Å². The summed E-state index contributed by atoms with van der Waals surface area (Å²) in [7, 11) is 0. The van der Waals surface area contributed by atoms with E-state index in [1.807, 2.05) is 30.3 Å². The molecule has 20 heavy (non-hydrogen) atoms. The Labute approximate surface area is 128 Å². The SMILES string of the molecule is O=c1[nH]c(NCCc2ccc(Br)s2)cc2ccccc12. The quantitative estimate of drug-likeness (QED) is 0.748. The van der Waals surface area contributed by atoms with E-state index < -0.39 is 0 Å². The number of benzene rings is 1. The first-order chi connectivity index (χ1) is 9.72. The molecule has 0 aliphatic rings. The van der Waals surface area contributed by atoms with Crippen LogP contribution in [0.25, 0.3) is 10.8 Å². The van der Waals surface area contributed by atoms with E-state index in [4.69, 9.17) is 0 Å². The van der Waals surface area contributed by atoms with Crippen LogP contribution in [-0.4, -0.2) is 11.5 Å². The van der Waals surface area contributed by atoms with Gasteiger partial charge in [-0.2, -0.15) is 0 Å². The normalized spacial score (nSPS) is 10.8. The van der Waals surface area contributed by atoms with Crippen LogP contribution < -0.4 is 10.9 Å². The van der Waals surface area contributed by atoms with E-state index in [9.17, 15) is 4.79 Å². The van der Waals surface area contributed by atoms with Crippen LogP contribution in [0.15, 0.2) is 51.0 Å². The molecule has 3 rings (SSSR count). The van der Waals surface area contributed by atoms with Crippen LogP contribution in [0, 0.1) is 0 Å². The fourth-order valence-electron chi connectivity index (χ4n) is 2.11. The van der Waals surface area contributed by atoms with Crippen molar-refractivity contribution in [3.8, 4) is 0 Å². The van der Waals surface area contributed by atoms with Gasteiger partial charge >= 0.3 is 0 Å². The van der Waals surface area contributed by atoms with Gasteiger partial charge in [0.15, 0.2) is 0 Å². The lowest BCUT2D eigenvalue weighted by atomic mass is 10.2. The summed E-state index contributed by atoms with van der Waals surface area (Å²) in [5, 5.41) is 4.95. The molecule has 0 radical (unpaired) electrons. The minimum atomic E-state index is -0.0514. The average molecular weight is 349 g/mol. The Morgan fingerprint density at radius 2 is 2.05 bits per heavy atom. The third kappa shape index (κ3) is 2.94. The molecule has 5 heteroatoms. The monoisotopic (exact) mass is 348 g/mol. The number of H-pyrrole nitrogens is 1. The largest absolute Gasteiger partial charge is 0.371 e. The average Bonchev–Trinajstić information content (AvgIpc) is 2.85. The van der Waals surface area contributed by atoms with Gasteiger partial charge in [-0.15, -0.1) is 11.3 Å². The summed E-state index contributed by atoms with van der Waals surface area (Å²) < 4.78 is 1.15. The second-order valence-corrected chi connectivity index (χ2v) is 7.03. The lowest BCUT2D eigenvalue weighted by Gasteiger charge is -2.06. The Hall–Kier alpha value is -1.59. The number of aromatic amines is 1. The Morgan fingerprint density at radius 1 is 1.20 bits per heavy atom. The minimum Gasteiger partial charge on any atom is -0.371 e. The maximum absolute atomic E-state index is 11.9. The lowest BCUT2D eigenvalue weighted by molar-refractivity contribution is 1.03. The van der Waals surface area contributed by atoms with Gasteiger partial charge < -0.3 is 10.3 Å². The topological polar surface area (TPSA) is 44.9 Å². The summed E-state index contributed by atoms with van der Waals surface area (Å²) in [5.41, 5.74) is -0.0514. The molecule has 0 bridgehead atoms. The zero-order valence-electron chi connectivity index (χ0n) is 10.7. The highest BCUT2D eigenvalue weighted by Gasteiger charge is 2.02. The van der Waals surface area contributed by atoms with Gasteiger partial charge in [-0.05, 0) is 52.0 Å². The number of rotatable bonds is 4. The molecule has 3 aromatic rings. The van der Waals surface area contributed by atoms with Crippen molar-refractivity contribution in [2.75, 3.05) is 11.9 Å². The molecule has 0 aliphatic heterocycles. The van der Waals surface area contributed by atoms with Crippen LogP contribution in [0.2, 0.25) is 0 Å². The minimum absolute atomic E-state index is 0.0514. The number of fused-ring (bicyclic) bond motifs is 1. The molecule has 0 amide bonds. The third-order valence-electron chi connectivity index (χ3n) is 3.07. The summed E-state index contributed by atoms with van der Waals surface area (Å²) in [6.45, 7) is 0.793. The second kappa shape index (κ2) is 5.81. The fourth-order valence-corrected chi connectivity index (χ4v) is 3.60. The van der Waals surface area contributed by atoms with Crippen molar-refractivity contribution in [2.24, 2.45) is 0 Å². The van der Waals surface area contributed by atoms with Gasteiger partial charge in [-0.3, -0.25) is 4.79 Å². The van der Waals surface area contributed by atoms with E-state index in [-0.39, 0.29) is 5.56 Å². The van der Waals surface area contributed by atoms with Crippen molar-refractivity contribution in [3.05, 3.63) is 61.5 Å². The molecule has 0 saturated heterocycles. The van der Waals surface area contributed by atoms with E-state index in [0.29, 0.717) is 0 Å². The van der Waals surface area contributed by atoms with Crippen LogP contribution in [-0.2, 0) is 6.42 Å². The maximum Gasteiger partial charge on any atom is 0.257 e. The summed E-state index contributed by atoms with van der Waals surface area (Å²) in [6, 6.07) is 13.7. The zero-order chi connectivity index (χ0) is 13.9. The van der Waals surface area contributed by atoms with Crippen LogP contribution >= 0.6 is 27.3 Å². The molecule has 0 aliphatic carbocycles. The fraction of sp³-hybridized carbons (Fsp3) is 0.133. The number of pyridine rings is 1. The molecule has 0 fully saturated rings. The van der Waals surface area contributed by atoms with E-state index in [0.717, 1.165) is 33.3 Å². The molecule has 3 nitrogen and oxygen atoms in total. The molecule has 102 valence electrons. The lowest BCUT2D eigenvalue weighted by Crippen LogP contribution is -2.12. The standard InChI is InChI=1S/C15H13BrN2OS/c16-13-6-5-11(20-13)7-8-17-14-9-10-3-1-2-4-12(10)15(19)18-14/h1-6,9H,7-8H2,(H2,17,18,19). The predicted molar refractivity (Wildman–Crippen MR) is 88.8 cm³/mol. The van der Waals surface area contributed by atoms with Crippen molar-refractivity contribution in [2.45, 2.75) is 6.42 Å². The van der Waals surface area contributed by atoms with Gasteiger partial charge in [0, 0.05) is 16.8 Å². The molecular weight excluding hydrogens is 336 g/mol. The van der Waals surface area contributed by atoms with Gasteiger partial charge in [0.25, 0.3) is 5.56 Å².